The van der Waals surface area contributed by atoms with Crippen LogP contribution < -0.4 is 11.1 Å². The highest BCUT2D eigenvalue weighted by Gasteiger charge is 2.50. The Labute approximate surface area is 117 Å². The number of anilines is 1. The predicted molar refractivity (Wildman–Crippen MR) is 77.4 cm³/mol. The average Bonchev–Trinajstić information content (AvgIpc) is 2.29. The Morgan fingerprint density at radius 1 is 1.53 bits per heavy atom. The second-order valence-corrected chi connectivity index (χ2v) is 5.82. The molecule has 0 saturated heterocycles. The van der Waals surface area contributed by atoms with Crippen LogP contribution in [0.3, 0.4) is 0 Å². The van der Waals surface area contributed by atoms with Gasteiger partial charge in [-0.1, -0.05) is 19.1 Å². The van der Waals surface area contributed by atoms with E-state index in [1.165, 1.54) is 12.1 Å². The van der Waals surface area contributed by atoms with Gasteiger partial charge < -0.3 is 11.1 Å². The van der Waals surface area contributed by atoms with Gasteiger partial charge >= 0.3 is 0 Å². The van der Waals surface area contributed by atoms with E-state index in [1.807, 2.05) is 0 Å². The Hall–Kier alpha value is -1.49. The number of hydrogen-bond acceptors (Lipinski definition) is 2. The van der Waals surface area contributed by atoms with Crippen LogP contribution in [0.25, 0.3) is 0 Å². The summed E-state index contributed by atoms with van der Waals surface area (Å²) in [5.41, 5.74) is 6.03. The highest BCUT2D eigenvalue weighted by atomic mass is 32.1. The van der Waals surface area contributed by atoms with Crippen LogP contribution in [-0.2, 0) is 4.79 Å². The minimum atomic E-state index is -0.739. The van der Waals surface area contributed by atoms with E-state index in [1.54, 1.807) is 13.0 Å². The maximum absolute atomic E-state index is 13.2. The lowest BCUT2D eigenvalue weighted by molar-refractivity contribution is -0.127. The monoisotopic (exact) mass is 280 g/mol. The molecule has 1 aliphatic rings. The van der Waals surface area contributed by atoms with Crippen molar-refractivity contribution >= 4 is 28.8 Å². The molecule has 0 aromatic heterocycles. The Bertz CT molecular complexity index is 538. The molecular weight excluding hydrogens is 263 g/mol. The minimum absolute atomic E-state index is 0.191. The number of rotatable bonds is 3. The first-order valence-corrected chi connectivity index (χ1v) is 6.63. The zero-order valence-corrected chi connectivity index (χ0v) is 11.8. The van der Waals surface area contributed by atoms with Crippen LogP contribution in [0.1, 0.15) is 25.3 Å². The van der Waals surface area contributed by atoms with Crippen LogP contribution in [0, 0.1) is 24.1 Å². The third-order valence-electron chi connectivity index (χ3n) is 3.72. The van der Waals surface area contributed by atoms with Crippen molar-refractivity contribution in [2.24, 2.45) is 17.1 Å². The molecule has 0 unspecified atom stereocenters. The SMILES string of the molecule is Cc1cc(NC(=O)C2(C(N)=S)CC(C)C2)ccc1F. The van der Waals surface area contributed by atoms with Gasteiger partial charge in [-0.3, -0.25) is 4.79 Å². The average molecular weight is 280 g/mol. The van der Waals surface area contributed by atoms with Crippen molar-refractivity contribution < 1.29 is 9.18 Å². The largest absolute Gasteiger partial charge is 0.392 e. The molecule has 19 heavy (non-hydrogen) atoms. The van der Waals surface area contributed by atoms with Crippen LogP contribution in [0.2, 0.25) is 0 Å². The number of nitrogens with one attached hydrogen (secondary N) is 1. The molecule has 0 aliphatic heterocycles. The zero-order chi connectivity index (χ0) is 14.2. The summed E-state index contributed by atoms with van der Waals surface area (Å²) in [6.45, 7) is 3.71. The van der Waals surface area contributed by atoms with Crippen molar-refractivity contribution in [3.8, 4) is 0 Å². The lowest BCUT2D eigenvalue weighted by Crippen LogP contribution is -2.53. The molecule has 5 heteroatoms. The third kappa shape index (κ3) is 2.47. The first-order valence-electron chi connectivity index (χ1n) is 6.22. The first kappa shape index (κ1) is 13.9. The number of aryl methyl sites for hydroxylation is 1. The number of halogens is 1. The molecule has 0 bridgehead atoms. The summed E-state index contributed by atoms with van der Waals surface area (Å²) in [5.74, 6) is -0.0364. The van der Waals surface area contributed by atoms with Crippen LogP contribution >= 0.6 is 12.2 Å². The highest BCUT2D eigenvalue weighted by molar-refractivity contribution is 7.80. The van der Waals surface area contributed by atoms with E-state index in [9.17, 15) is 9.18 Å². The van der Waals surface area contributed by atoms with Crippen LogP contribution in [-0.4, -0.2) is 10.9 Å². The van der Waals surface area contributed by atoms with Gasteiger partial charge in [-0.25, -0.2) is 4.39 Å². The lowest BCUT2D eigenvalue weighted by Gasteiger charge is -2.44. The number of nitrogens with two attached hydrogens (primary N) is 1. The maximum Gasteiger partial charge on any atom is 0.237 e. The van der Waals surface area contributed by atoms with E-state index in [4.69, 9.17) is 18.0 Å². The van der Waals surface area contributed by atoms with Gasteiger partial charge in [0.25, 0.3) is 0 Å². The lowest BCUT2D eigenvalue weighted by atomic mass is 9.62. The normalized spacial score (nSPS) is 25.5. The fourth-order valence-electron chi connectivity index (χ4n) is 2.60. The Kier molecular flexibility index (Phi) is 3.58. The molecule has 3 nitrogen and oxygen atoms in total. The molecule has 1 aromatic carbocycles. The van der Waals surface area contributed by atoms with E-state index in [0.717, 1.165) is 0 Å². The summed E-state index contributed by atoms with van der Waals surface area (Å²) in [7, 11) is 0. The minimum Gasteiger partial charge on any atom is -0.392 e. The number of carbonyl (C=O) groups is 1. The molecule has 1 aliphatic carbocycles. The quantitative estimate of drug-likeness (QED) is 0.837. The second-order valence-electron chi connectivity index (χ2n) is 5.38. The summed E-state index contributed by atoms with van der Waals surface area (Å²) in [4.78, 5) is 12.6. The Morgan fingerprint density at radius 2 is 2.16 bits per heavy atom. The summed E-state index contributed by atoms with van der Waals surface area (Å²) in [5, 5.41) is 2.78. The summed E-state index contributed by atoms with van der Waals surface area (Å²) in [6, 6.07) is 4.47. The molecular formula is C14H17FN2OS. The Morgan fingerprint density at radius 3 is 2.63 bits per heavy atom. The molecule has 0 spiro atoms. The predicted octanol–water partition coefficient (Wildman–Crippen LogP) is 2.78. The summed E-state index contributed by atoms with van der Waals surface area (Å²) in [6.07, 6.45) is 1.35. The van der Waals surface area contributed by atoms with Crippen molar-refractivity contribution in [1.29, 1.82) is 0 Å². The number of thiocarbonyl (C=S) groups is 1. The van der Waals surface area contributed by atoms with Crippen LogP contribution in [0.5, 0.6) is 0 Å². The van der Waals surface area contributed by atoms with E-state index in [0.29, 0.717) is 30.0 Å². The summed E-state index contributed by atoms with van der Waals surface area (Å²) >= 11 is 5.03. The van der Waals surface area contributed by atoms with Gasteiger partial charge in [0.1, 0.15) is 5.82 Å². The Balaban J connectivity index is 2.16. The number of amides is 1. The number of carbonyl (C=O) groups excluding carboxylic acids is 1. The van der Waals surface area contributed by atoms with Crippen molar-refractivity contribution in [3.05, 3.63) is 29.6 Å². The topological polar surface area (TPSA) is 55.1 Å². The van der Waals surface area contributed by atoms with Gasteiger partial charge in [-0.05, 0) is 49.4 Å². The molecule has 1 aromatic rings. The van der Waals surface area contributed by atoms with Crippen molar-refractivity contribution in [2.75, 3.05) is 5.32 Å². The van der Waals surface area contributed by atoms with E-state index >= 15 is 0 Å². The van der Waals surface area contributed by atoms with Gasteiger partial charge in [0.2, 0.25) is 5.91 Å². The van der Waals surface area contributed by atoms with Crippen molar-refractivity contribution in [1.82, 2.24) is 0 Å². The standard InChI is InChI=1S/C14H17FN2OS/c1-8-6-14(7-8,12(16)19)13(18)17-10-3-4-11(15)9(2)5-10/h3-5,8H,6-7H2,1-2H3,(H2,16,19)(H,17,18). The third-order valence-corrected chi connectivity index (χ3v) is 4.11. The smallest absolute Gasteiger partial charge is 0.237 e. The van der Waals surface area contributed by atoms with Gasteiger partial charge in [-0.15, -0.1) is 0 Å². The van der Waals surface area contributed by atoms with Gasteiger partial charge in [-0.2, -0.15) is 0 Å². The zero-order valence-electron chi connectivity index (χ0n) is 11.0. The molecule has 102 valence electrons. The van der Waals surface area contributed by atoms with Gasteiger partial charge in [0.05, 0.1) is 10.4 Å². The highest BCUT2D eigenvalue weighted by Crippen LogP contribution is 2.46. The van der Waals surface area contributed by atoms with Crippen molar-refractivity contribution in [3.63, 3.8) is 0 Å². The van der Waals surface area contributed by atoms with Crippen LogP contribution in [0.15, 0.2) is 18.2 Å². The summed E-state index contributed by atoms with van der Waals surface area (Å²) < 4.78 is 13.2. The number of hydrogen-bond donors (Lipinski definition) is 2. The molecule has 3 N–H and O–H groups in total. The molecule has 0 atom stereocenters. The van der Waals surface area contributed by atoms with E-state index < -0.39 is 5.41 Å². The molecule has 2 rings (SSSR count). The molecule has 0 radical (unpaired) electrons. The molecule has 0 heterocycles. The van der Waals surface area contributed by atoms with E-state index in [-0.39, 0.29) is 16.7 Å². The maximum atomic E-state index is 13.2. The fourth-order valence-corrected chi connectivity index (χ4v) is 2.86. The van der Waals surface area contributed by atoms with E-state index in [2.05, 4.69) is 12.2 Å². The molecule has 1 fully saturated rings. The molecule has 1 saturated carbocycles. The van der Waals surface area contributed by atoms with Gasteiger partial charge in [0.15, 0.2) is 0 Å². The van der Waals surface area contributed by atoms with Crippen LogP contribution in [0.4, 0.5) is 10.1 Å². The first-order chi connectivity index (χ1) is 8.85. The van der Waals surface area contributed by atoms with Gasteiger partial charge in [0, 0.05) is 5.69 Å². The molecule has 1 amide bonds. The fraction of sp³-hybridized carbons (Fsp3) is 0.429. The van der Waals surface area contributed by atoms with Crippen molar-refractivity contribution in [2.45, 2.75) is 26.7 Å². The second kappa shape index (κ2) is 4.89. The number of benzene rings is 1.